The van der Waals surface area contributed by atoms with Gasteiger partial charge in [0.05, 0.1) is 17.5 Å². The Morgan fingerprint density at radius 2 is 2.07 bits per heavy atom. The molecule has 3 aromatic heterocycles. The summed E-state index contributed by atoms with van der Waals surface area (Å²) in [7, 11) is 0. The molecule has 0 N–H and O–H groups in total. The molecule has 1 aromatic carbocycles. The Morgan fingerprint density at radius 3 is 2.86 bits per heavy atom. The lowest BCUT2D eigenvalue weighted by Crippen LogP contribution is -1.96. The van der Waals surface area contributed by atoms with E-state index in [1.165, 1.54) is 11.8 Å². The molecule has 0 aliphatic heterocycles. The molecule has 0 saturated heterocycles. The third-order valence-corrected chi connectivity index (χ3v) is 4.93. The second-order valence-electron chi connectivity index (χ2n) is 5.80. The highest BCUT2D eigenvalue weighted by Gasteiger charge is 2.15. The maximum Gasteiger partial charge on any atom is 0.221 e. The number of nitrogens with zero attached hydrogens (tertiary/aromatic N) is 4. The van der Waals surface area contributed by atoms with Crippen molar-refractivity contribution in [2.75, 3.05) is 5.75 Å². The van der Waals surface area contributed by atoms with Gasteiger partial charge < -0.3 is 13.6 Å². The molecule has 0 unspecified atom stereocenters. The van der Waals surface area contributed by atoms with E-state index < -0.39 is 0 Å². The van der Waals surface area contributed by atoms with E-state index in [4.69, 9.17) is 25.2 Å². The Morgan fingerprint density at radius 1 is 1.17 bits per heavy atom. The predicted molar refractivity (Wildman–Crippen MR) is 112 cm³/mol. The van der Waals surface area contributed by atoms with E-state index in [-0.39, 0.29) is 6.61 Å². The predicted octanol–water partition coefficient (Wildman–Crippen LogP) is 5.36. The number of hydrogen-bond donors (Lipinski definition) is 0. The van der Waals surface area contributed by atoms with E-state index in [1.807, 2.05) is 43.3 Å². The third kappa shape index (κ3) is 4.55. The molecule has 0 amide bonds. The van der Waals surface area contributed by atoms with Crippen molar-refractivity contribution in [2.45, 2.75) is 18.7 Å². The second-order valence-corrected chi connectivity index (χ2v) is 7.43. The third-order valence-electron chi connectivity index (χ3n) is 3.82. The van der Waals surface area contributed by atoms with Crippen molar-refractivity contribution in [3.63, 3.8) is 0 Å². The van der Waals surface area contributed by atoms with Gasteiger partial charge in [0.1, 0.15) is 23.9 Å². The number of furan rings is 2. The molecule has 148 valence electrons. The molecule has 0 bridgehead atoms. The van der Waals surface area contributed by atoms with Crippen LogP contribution in [0.4, 0.5) is 0 Å². The summed E-state index contributed by atoms with van der Waals surface area (Å²) in [6, 6.07) is 14.6. The standard InChI is InChI=1S/C20H17ClN4O3S/c1-2-29-20-24-23-19(18-8-5-11-26-18)25(20)22-12-14-9-10-15(28-14)13-27-17-7-4-3-6-16(17)21/h3-12H,2,13H2,1H3/b22-12+. The van der Waals surface area contributed by atoms with Crippen LogP contribution in [-0.2, 0) is 6.61 Å². The van der Waals surface area contributed by atoms with Crippen LogP contribution in [0.1, 0.15) is 18.4 Å². The topological polar surface area (TPSA) is 78.6 Å². The first-order valence-electron chi connectivity index (χ1n) is 8.87. The van der Waals surface area contributed by atoms with Crippen molar-refractivity contribution in [3.8, 4) is 17.3 Å². The molecule has 9 heteroatoms. The highest BCUT2D eigenvalue weighted by molar-refractivity contribution is 7.99. The second kappa shape index (κ2) is 9.02. The number of aromatic nitrogens is 3. The first kappa shape index (κ1) is 19.4. The molecular weight excluding hydrogens is 412 g/mol. The lowest BCUT2D eigenvalue weighted by Gasteiger charge is -2.05. The normalized spacial score (nSPS) is 11.4. The Kier molecular flexibility index (Phi) is 6.02. The van der Waals surface area contributed by atoms with Crippen LogP contribution in [0.25, 0.3) is 11.6 Å². The van der Waals surface area contributed by atoms with Gasteiger partial charge in [-0.3, -0.25) is 0 Å². The number of ether oxygens (including phenoxy) is 1. The first-order chi connectivity index (χ1) is 14.2. The van der Waals surface area contributed by atoms with Crippen LogP contribution < -0.4 is 4.74 Å². The van der Waals surface area contributed by atoms with E-state index in [1.54, 1.807) is 29.3 Å². The van der Waals surface area contributed by atoms with Crippen molar-refractivity contribution in [3.05, 3.63) is 71.3 Å². The molecule has 0 radical (unpaired) electrons. The lowest BCUT2D eigenvalue weighted by atomic mass is 10.3. The maximum atomic E-state index is 6.10. The van der Waals surface area contributed by atoms with E-state index in [0.29, 0.717) is 39.0 Å². The fraction of sp³-hybridized carbons (Fsp3) is 0.150. The number of hydrogen-bond acceptors (Lipinski definition) is 7. The largest absolute Gasteiger partial charge is 0.484 e. The van der Waals surface area contributed by atoms with Crippen LogP contribution in [-0.4, -0.2) is 26.8 Å². The molecule has 0 spiro atoms. The molecule has 0 aliphatic rings. The van der Waals surface area contributed by atoms with Crippen LogP contribution in [0.15, 0.2) is 73.9 Å². The fourth-order valence-electron chi connectivity index (χ4n) is 2.51. The SMILES string of the molecule is CCSc1nnc(-c2ccco2)n1/N=C/c1ccc(COc2ccccc2Cl)o1. The van der Waals surface area contributed by atoms with Gasteiger partial charge in [-0.05, 0) is 42.2 Å². The van der Waals surface area contributed by atoms with Crippen molar-refractivity contribution in [1.82, 2.24) is 14.9 Å². The molecule has 0 saturated carbocycles. The average Bonchev–Trinajstić information content (AvgIpc) is 3.47. The molecule has 29 heavy (non-hydrogen) atoms. The van der Waals surface area contributed by atoms with Gasteiger partial charge in [0.15, 0.2) is 5.76 Å². The number of rotatable bonds is 8. The van der Waals surface area contributed by atoms with Crippen LogP contribution in [0.2, 0.25) is 5.02 Å². The number of para-hydroxylation sites is 1. The summed E-state index contributed by atoms with van der Waals surface area (Å²) in [5, 5.41) is 14.1. The number of thioether (sulfide) groups is 1. The van der Waals surface area contributed by atoms with Gasteiger partial charge in [-0.25, -0.2) is 0 Å². The van der Waals surface area contributed by atoms with Gasteiger partial charge >= 0.3 is 0 Å². The zero-order chi connectivity index (χ0) is 20.1. The van der Waals surface area contributed by atoms with Crippen molar-refractivity contribution >= 4 is 29.6 Å². The summed E-state index contributed by atoms with van der Waals surface area (Å²) in [4.78, 5) is 0. The van der Waals surface area contributed by atoms with Crippen LogP contribution in [0.5, 0.6) is 5.75 Å². The van der Waals surface area contributed by atoms with Gasteiger partial charge in [-0.2, -0.15) is 9.78 Å². The Balaban J connectivity index is 1.50. The molecule has 7 nitrogen and oxygen atoms in total. The van der Waals surface area contributed by atoms with Crippen molar-refractivity contribution in [1.29, 1.82) is 0 Å². The Bertz CT molecular complexity index is 1100. The van der Waals surface area contributed by atoms with Gasteiger partial charge in [-0.15, -0.1) is 10.2 Å². The molecule has 3 heterocycles. The van der Waals surface area contributed by atoms with Gasteiger partial charge in [0.25, 0.3) is 0 Å². The minimum absolute atomic E-state index is 0.263. The zero-order valence-electron chi connectivity index (χ0n) is 15.5. The molecular formula is C20H17ClN4O3S. The molecule has 0 fully saturated rings. The highest BCUT2D eigenvalue weighted by atomic mass is 35.5. The summed E-state index contributed by atoms with van der Waals surface area (Å²) in [5.74, 6) is 3.80. The van der Waals surface area contributed by atoms with Gasteiger partial charge in [-0.1, -0.05) is 42.4 Å². The Hall–Kier alpha value is -2.97. The van der Waals surface area contributed by atoms with Gasteiger partial charge in [0, 0.05) is 0 Å². The smallest absolute Gasteiger partial charge is 0.221 e. The first-order valence-corrected chi connectivity index (χ1v) is 10.2. The van der Waals surface area contributed by atoms with Crippen molar-refractivity contribution in [2.24, 2.45) is 5.10 Å². The summed E-state index contributed by atoms with van der Waals surface area (Å²) in [6.07, 6.45) is 3.19. The molecule has 4 aromatic rings. The minimum Gasteiger partial charge on any atom is -0.484 e. The van der Waals surface area contributed by atoms with Gasteiger partial charge in [0.2, 0.25) is 11.0 Å². The molecule has 4 rings (SSSR count). The van der Waals surface area contributed by atoms with E-state index >= 15 is 0 Å². The summed E-state index contributed by atoms with van der Waals surface area (Å²) in [6.45, 7) is 2.30. The van der Waals surface area contributed by atoms with E-state index in [0.717, 1.165) is 5.75 Å². The minimum atomic E-state index is 0.263. The maximum absolute atomic E-state index is 6.10. The molecule has 0 aliphatic carbocycles. The number of benzene rings is 1. The zero-order valence-corrected chi connectivity index (χ0v) is 17.1. The average molecular weight is 429 g/mol. The lowest BCUT2D eigenvalue weighted by molar-refractivity contribution is 0.270. The fourth-order valence-corrected chi connectivity index (χ4v) is 3.32. The van der Waals surface area contributed by atoms with E-state index in [9.17, 15) is 0 Å². The van der Waals surface area contributed by atoms with Crippen LogP contribution in [0.3, 0.4) is 0 Å². The monoisotopic (exact) mass is 428 g/mol. The van der Waals surface area contributed by atoms with Crippen molar-refractivity contribution < 1.29 is 13.6 Å². The quantitative estimate of drug-likeness (QED) is 0.278. The summed E-state index contributed by atoms with van der Waals surface area (Å²) >= 11 is 7.64. The van der Waals surface area contributed by atoms with Crippen LogP contribution in [0, 0.1) is 0 Å². The number of halogens is 1. The highest BCUT2D eigenvalue weighted by Crippen LogP contribution is 2.25. The summed E-state index contributed by atoms with van der Waals surface area (Å²) < 4.78 is 18.5. The van der Waals surface area contributed by atoms with E-state index in [2.05, 4.69) is 15.3 Å². The molecule has 0 atom stereocenters. The Labute approximate surface area is 176 Å². The van der Waals surface area contributed by atoms with Crippen LogP contribution >= 0.6 is 23.4 Å². The summed E-state index contributed by atoms with van der Waals surface area (Å²) in [5.41, 5.74) is 0.